The molecule has 17 heavy (non-hydrogen) atoms. The lowest BCUT2D eigenvalue weighted by Gasteiger charge is -2.44. The van der Waals surface area contributed by atoms with E-state index in [1.165, 1.54) is 25.7 Å². The molecule has 100 valence electrons. The van der Waals surface area contributed by atoms with E-state index in [0.29, 0.717) is 6.04 Å². The SMILES string of the molecule is CCNC1CCC(CC)CC1N1CCOCC1. The Bertz CT molecular complexity index is 212. The molecule has 3 nitrogen and oxygen atoms in total. The van der Waals surface area contributed by atoms with Crippen LogP contribution in [0.4, 0.5) is 0 Å². The normalized spacial score (nSPS) is 36.0. The first kappa shape index (κ1) is 13.3. The summed E-state index contributed by atoms with van der Waals surface area (Å²) in [6.45, 7) is 9.77. The van der Waals surface area contributed by atoms with Gasteiger partial charge >= 0.3 is 0 Å². The molecule has 0 radical (unpaired) electrons. The molecule has 1 saturated carbocycles. The Hall–Kier alpha value is -0.120. The van der Waals surface area contributed by atoms with E-state index in [-0.39, 0.29) is 0 Å². The average Bonchev–Trinajstić information content (AvgIpc) is 2.40. The zero-order valence-electron chi connectivity index (χ0n) is 11.5. The molecule has 0 spiro atoms. The predicted octanol–water partition coefficient (Wildman–Crippen LogP) is 1.88. The molecule has 0 bridgehead atoms. The fraction of sp³-hybridized carbons (Fsp3) is 1.00. The summed E-state index contributed by atoms with van der Waals surface area (Å²) in [7, 11) is 0. The van der Waals surface area contributed by atoms with Gasteiger partial charge in [-0.1, -0.05) is 20.3 Å². The molecule has 0 aromatic rings. The molecule has 1 N–H and O–H groups in total. The Morgan fingerprint density at radius 3 is 2.59 bits per heavy atom. The van der Waals surface area contributed by atoms with Gasteiger partial charge in [-0.15, -0.1) is 0 Å². The zero-order valence-corrected chi connectivity index (χ0v) is 11.5. The van der Waals surface area contributed by atoms with Crippen molar-refractivity contribution in [3.63, 3.8) is 0 Å². The Morgan fingerprint density at radius 1 is 1.18 bits per heavy atom. The van der Waals surface area contributed by atoms with Crippen LogP contribution < -0.4 is 5.32 Å². The van der Waals surface area contributed by atoms with Gasteiger partial charge in [0.1, 0.15) is 0 Å². The van der Waals surface area contributed by atoms with E-state index in [9.17, 15) is 0 Å². The van der Waals surface area contributed by atoms with Crippen LogP contribution in [0.5, 0.6) is 0 Å². The van der Waals surface area contributed by atoms with Crippen LogP contribution in [-0.2, 0) is 4.74 Å². The Balaban J connectivity index is 1.96. The van der Waals surface area contributed by atoms with Crippen molar-refractivity contribution in [2.24, 2.45) is 5.92 Å². The fourth-order valence-electron chi connectivity index (χ4n) is 3.42. The first-order chi connectivity index (χ1) is 8.35. The number of morpholine rings is 1. The molecule has 3 atom stereocenters. The molecule has 0 aromatic carbocycles. The highest BCUT2D eigenvalue weighted by Gasteiger charge is 2.33. The molecule has 1 saturated heterocycles. The van der Waals surface area contributed by atoms with Gasteiger partial charge in [0, 0.05) is 25.2 Å². The minimum Gasteiger partial charge on any atom is -0.379 e. The molecule has 0 amide bonds. The third-order valence-electron chi connectivity index (χ3n) is 4.48. The Kier molecular flexibility index (Phi) is 5.26. The van der Waals surface area contributed by atoms with E-state index in [0.717, 1.165) is 44.8 Å². The summed E-state index contributed by atoms with van der Waals surface area (Å²) in [6.07, 6.45) is 5.50. The monoisotopic (exact) mass is 240 g/mol. The summed E-state index contributed by atoms with van der Waals surface area (Å²) < 4.78 is 5.48. The van der Waals surface area contributed by atoms with Crippen LogP contribution in [-0.4, -0.2) is 49.8 Å². The van der Waals surface area contributed by atoms with Gasteiger partial charge in [-0.2, -0.15) is 0 Å². The zero-order chi connectivity index (χ0) is 12.1. The van der Waals surface area contributed by atoms with E-state index in [1.807, 2.05) is 0 Å². The van der Waals surface area contributed by atoms with Crippen LogP contribution in [0.15, 0.2) is 0 Å². The van der Waals surface area contributed by atoms with Crippen LogP contribution in [0.3, 0.4) is 0 Å². The van der Waals surface area contributed by atoms with Crippen LogP contribution in [0.2, 0.25) is 0 Å². The number of likely N-dealkylation sites (N-methyl/N-ethyl adjacent to an activating group) is 1. The van der Waals surface area contributed by atoms with Gasteiger partial charge in [-0.05, 0) is 31.7 Å². The molecule has 1 aliphatic heterocycles. The summed E-state index contributed by atoms with van der Waals surface area (Å²) in [5.74, 6) is 0.942. The fourth-order valence-corrected chi connectivity index (χ4v) is 3.42. The summed E-state index contributed by atoms with van der Waals surface area (Å²) in [4.78, 5) is 2.67. The molecule has 2 fully saturated rings. The summed E-state index contributed by atoms with van der Waals surface area (Å²) in [5.41, 5.74) is 0. The highest BCUT2D eigenvalue weighted by Crippen LogP contribution is 2.30. The van der Waals surface area contributed by atoms with Gasteiger partial charge in [0.25, 0.3) is 0 Å². The lowest BCUT2D eigenvalue weighted by atomic mass is 9.80. The number of nitrogens with one attached hydrogen (secondary N) is 1. The van der Waals surface area contributed by atoms with Gasteiger partial charge in [0.05, 0.1) is 13.2 Å². The van der Waals surface area contributed by atoms with Gasteiger partial charge in [-0.3, -0.25) is 4.90 Å². The van der Waals surface area contributed by atoms with Crippen LogP contribution in [0, 0.1) is 5.92 Å². The summed E-state index contributed by atoms with van der Waals surface area (Å²) in [6, 6.07) is 1.46. The van der Waals surface area contributed by atoms with Gasteiger partial charge in [0.15, 0.2) is 0 Å². The topological polar surface area (TPSA) is 24.5 Å². The molecular formula is C14H28N2O. The smallest absolute Gasteiger partial charge is 0.0594 e. The molecule has 1 heterocycles. The average molecular weight is 240 g/mol. The molecule has 0 aromatic heterocycles. The van der Waals surface area contributed by atoms with Crippen molar-refractivity contribution in [3.8, 4) is 0 Å². The van der Waals surface area contributed by atoms with E-state index >= 15 is 0 Å². The maximum atomic E-state index is 5.48. The quantitative estimate of drug-likeness (QED) is 0.812. The van der Waals surface area contributed by atoms with E-state index in [2.05, 4.69) is 24.1 Å². The molecule has 3 heteroatoms. The predicted molar refractivity (Wildman–Crippen MR) is 71.3 cm³/mol. The highest BCUT2D eigenvalue weighted by atomic mass is 16.5. The van der Waals surface area contributed by atoms with Crippen LogP contribution in [0.25, 0.3) is 0 Å². The van der Waals surface area contributed by atoms with Crippen molar-refractivity contribution in [1.82, 2.24) is 10.2 Å². The number of nitrogens with zero attached hydrogens (tertiary/aromatic N) is 1. The van der Waals surface area contributed by atoms with Gasteiger partial charge < -0.3 is 10.1 Å². The van der Waals surface area contributed by atoms with E-state index in [1.54, 1.807) is 0 Å². The number of rotatable bonds is 4. The Morgan fingerprint density at radius 2 is 1.94 bits per heavy atom. The standard InChI is InChI=1S/C14H28N2O/c1-3-12-5-6-13(15-4-2)14(11-12)16-7-9-17-10-8-16/h12-15H,3-11H2,1-2H3. The minimum atomic E-state index is 0.709. The highest BCUT2D eigenvalue weighted by molar-refractivity contribution is 4.91. The van der Waals surface area contributed by atoms with Crippen molar-refractivity contribution in [3.05, 3.63) is 0 Å². The van der Waals surface area contributed by atoms with Gasteiger partial charge in [-0.25, -0.2) is 0 Å². The second-order valence-electron chi connectivity index (χ2n) is 5.47. The number of hydrogen-bond acceptors (Lipinski definition) is 3. The Labute approximate surface area is 106 Å². The third-order valence-corrected chi connectivity index (χ3v) is 4.48. The molecule has 3 unspecified atom stereocenters. The second-order valence-corrected chi connectivity index (χ2v) is 5.47. The first-order valence-corrected chi connectivity index (χ1v) is 7.40. The molecule has 1 aliphatic carbocycles. The third kappa shape index (κ3) is 3.43. The van der Waals surface area contributed by atoms with Crippen LogP contribution >= 0.6 is 0 Å². The summed E-state index contributed by atoms with van der Waals surface area (Å²) in [5, 5.41) is 3.69. The molecular weight excluding hydrogens is 212 g/mol. The largest absolute Gasteiger partial charge is 0.379 e. The maximum absolute atomic E-state index is 5.48. The maximum Gasteiger partial charge on any atom is 0.0594 e. The van der Waals surface area contributed by atoms with Crippen molar-refractivity contribution < 1.29 is 4.74 Å². The van der Waals surface area contributed by atoms with E-state index in [4.69, 9.17) is 4.74 Å². The number of hydrogen-bond donors (Lipinski definition) is 1. The summed E-state index contributed by atoms with van der Waals surface area (Å²) >= 11 is 0. The molecule has 2 rings (SSSR count). The van der Waals surface area contributed by atoms with Crippen molar-refractivity contribution >= 4 is 0 Å². The lowest BCUT2D eigenvalue weighted by Crippen LogP contribution is -2.56. The second kappa shape index (κ2) is 6.72. The number of ether oxygens (including phenoxy) is 1. The van der Waals surface area contributed by atoms with Crippen molar-refractivity contribution in [2.75, 3.05) is 32.8 Å². The lowest BCUT2D eigenvalue weighted by molar-refractivity contribution is -0.00702. The van der Waals surface area contributed by atoms with E-state index < -0.39 is 0 Å². The minimum absolute atomic E-state index is 0.709. The van der Waals surface area contributed by atoms with Gasteiger partial charge in [0.2, 0.25) is 0 Å². The van der Waals surface area contributed by atoms with Crippen molar-refractivity contribution in [1.29, 1.82) is 0 Å². The van der Waals surface area contributed by atoms with Crippen molar-refractivity contribution in [2.45, 2.75) is 51.6 Å². The first-order valence-electron chi connectivity index (χ1n) is 7.40. The van der Waals surface area contributed by atoms with Crippen LogP contribution in [0.1, 0.15) is 39.5 Å². The molecule has 2 aliphatic rings.